The normalized spacial score (nSPS) is 11.2. The summed E-state index contributed by atoms with van der Waals surface area (Å²) < 4.78 is 43.8. The third kappa shape index (κ3) is 3.37. The molecule has 0 aliphatic heterocycles. The number of ether oxygens (including phenoxy) is 1. The number of nitrogens with two attached hydrogens (primary N) is 1. The van der Waals surface area contributed by atoms with Crippen molar-refractivity contribution in [1.29, 1.82) is 0 Å². The number of aromatic nitrogens is 2. The highest BCUT2D eigenvalue weighted by Crippen LogP contribution is 2.24. The van der Waals surface area contributed by atoms with Crippen LogP contribution in [0.5, 0.6) is 5.75 Å². The Kier molecular flexibility index (Phi) is 3.46. The van der Waals surface area contributed by atoms with Gasteiger partial charge in [0.1, 0.15) is 5.75 Å². The summed E-state index contributed by atoms with van der Waals surface area (Å²) in [6.45, 7) is 0. The Labute approximate surface area is 109 Å². The van der Waals surface area contributed by atoms with Crippen LogP contribution in [-0.2, 0) is 0 Å². The summed E-state index contributed by atoms with van der Waals surface area (Å²) in [5, 5.41) is 8.86. The molecule has 2 rings (SSSR count). The van der Waals surface area contributed by atoms with Crippen molar-refractivity contribution in [2.45, 2.75) is 6.36 Å². The first-order valence-corrected chi connectivity index (χ1v) is 5.10. The zero-order valence-corrected chi connectivity index (χ0v) is 9.64. The molecule has 1 heterocycles. The molecular weight excluding hydrogens is 281 g/mol. The van der Waals surface area contributed by atoms with Gasteiger partial charge in [-0.2, -0.15) is 0 Å². The van der Waals surface area contributed by atoms with Crippen LogP contribution in [0.4, 0.5) is 24.7 Å². The first-order valence-electron chi connectivity index (χ1n) is 5.10. The summed E-state index contributed by atoms with van der Waals surface area (Å²) in [5.41, 5.74) is 5.32. The second kappa shape index (κ2) is 5.07. The van der Waals surface area contributed by atoms with Crippen molar-refractivity contribution < 1.29 is 27.3 Å². The molecule has 0 bridgehead atoms. The molecular formula is C10H7F3N4O3. The predicted molar refractivity (Wildman–Crippen MR) is 59.8 cm³/mol. The van der Waals surface area contributed by atoms with Gasteiger partial charge in [0, 0.05) is 5.69 Å². The van der Waals surface area contributed by atoms with Crippen molar-refractivity contribution in [3.05, 3.63) is 30.0 Å². The number of rotatable bonds is 3. The molecule has 0 spiro atoms. The van der Waals surface area contributed by atoms with Crippen molar-refractivity contribution in [1.82, 2.24) is 10.3 Å². The lowest BCUT2D eigenvalue weighted by Gasteiger charge is -2.09. The fourth-order valence-corrected chi connectivity index (χ4v) is 1.28. The van der Waals surface area contributed by atoms with Crippen molar-refractivity contribution >= 4 is 17.4 Å². The van der Waals surface area contributed by atoms with Crippen molar-refractivity contribution in [3.8, 4) is 5.75 Å². The Morgan fingerprint density at radius 1 is 1.25 bits per heavy atom. The van der Waals surface area contributed by atoms with Crippen molar-refractivity contribution in [3.63, 3.8) is 0 Å². The third-order valence-corrected chi connectivity index (χ3v) is 2.07. The molecule has 106 valence electrons. The number of nitrogens with one attached hydrogen (secondary N) is 1. The van der Waals surface area contributed by atoms with Gasteiger partial charge in [-0.3, -0.25) is 4.79 Å². The Morgan fingerprint density at radius 2 is 1.90 bits per heavy atom. The molecule has 0 saturated carbocycles. The Morgan fingerprint density at radius 3 is 2.40 bits per heavy atom. The first-order chi connectivity index (χ1) is 9.35. The second-order valence-corrected chi connectivity index (χ2v) is 3.52. The van der Waals surface area contributed by atoms with E-state index in [1.165, 1.54) is 12.1 Å². The standard InChI is InChI=1S/C10H7F3N4O3/c11-10(12,13)19-6-3-1-5(2-4-6)15-9(18)7-8(14)17-20-16-7/h1-4H,(H2,14,17)(H,15,18). The number of hydrogen-bond acceptors (Lipinski definition) is 6. The SMILES string of the molecule is Nc1nonc1C(=O)Nc1ccc(OC(F)(F)F)cc1. The lowest BCUT2D eigenvalue weighted by atomic mass is 10.3. The molecule has 0 radical (unpaired) electrons. The highest BCUT2D eigenvalue weighted by atomic mass is 19.4. The van der Waals surface area contributed by atoms with E-state index in [-0.39, 0.29) is 17.2 Å². The summed E-state index contributed by atoms with van der Waals surface area (Å²) in [6, 6.07) is 4.55. The highest BCUT2D eigenvalue weighted by molar-refractivity contribution is 6.05. The van der Waals surface area contributed by atoms with Gasteiger partial charge >= 0.3 is 6.36 Å². The van der Waals surface area contributed by atoms with E-state index in [0.29, 0.717) is 0 Å². The summed E-state index contributed by atoms with van der Waals surface area (Å²) in [5.74, 6) is -1.30. The van der Waals surface area contributed by atoms with Crippen LogP contribution in [0.15, 0.2) is 28.9 Å². The number of carbonyl (C=O) groups excluding carboxylic acids is 1. The average molecular weight is 288 g/mol. The van der Waals surface area contributed by atoms with E-state index in [4.69, 9.17) is 5.73 Å². The number of amides is 1. The molecule has 2 aromatic rings. The van der Waals surface area contributed by atoms with Crippen molar-refractivity contribution in [2.75, 3.05) is 11.1 Å². The molecule has 0 aliphatic carbocycles. The Balaban J connectivity index is 2.04. The van der Waals surface area contributed by atoms with E-state index >= 15 is 0 Å². The van der Waals surface area contributed by atoms with Crippen LogP contribution in [0.25, 0.3) is 0 Å². The fraction of sp³-hybridized carbons (Fsp3) is 0.100. The number of benzene rings is 1. The van der Waals surface area contributed by atoms with Gasteiger partial charge in [0.05, 0.1) is 0 Å². The van der Waals surface area contributed by atoms with Crippen LogP contribution in [0.1, 0.15) is 10.5 Å². The molecule has 3 N–H and O–H groups in total. The molecule has 1 amide bonds. The van der Waals surface area contributed by atoms with E-state index in [2.05, 4.69) is 25.0 Å². The lowest BCUT2D eigenvalue weighted by molar-refractivity contribution is -0.274. The number of nitrogens with zero attached hydrogens (tertiary/aromatic N) is 2. The number of alkyl halides is 3. The maximum Gasteiger partial charge on any atom is 0.573 e. The van der Waals surface area contributed by atoms with E-state index in [9.17, 15) is 18.0 Å². The maximum atomic E-state index is 12.0. The van der Waals surface area contributed by atoms with Crippen molar-refractivity contribution in [2.24, 2.45) is 0 Å². The number of nitrogen functional groups attached to an aromatic ring is 1. The topological polar surface area (TPSA) is 103 Å². The van der Waals surface area contributed by atoms with Gasteiger partial charge in [-0.1, -0.05) is 0 Å². The Bertz CT molecular complexity index is 609. The van der Waals surface area contributed by atoms with Gasteiger partial charge in [-0.15, -0.1) is 13.2 Å². The van der Waals surface area contributed by atoms with Gasteiger partial charge in [0.15, 0.2) is 0 Å². The van der Waals surface area contributed by atoms with Crippen LogP contribution >= 0.6 is 0 Å². The van der Waals surface area contributed by atoms with Gasteiger partial charge in [-0.25, -0.2) is 4.63 Å². The minimum atomic E-state index is -4.77. The summed E-state index contributed by atoms with van der Waals surface area (Å²) in [6.07, 6.45) is -4.77. The van der Waals surface area contributed by atoms with Gasteiger partial charge < -0.3 is 15.8 Å². The van der Waals surface area contributed by atoms with Gasteiger partial charge in [0.2, 0.25) is 11.5 Å². The molecule has 0 unspecified atom stereocenters. The Hall–Kier alpha value is -2.78. The highest BCUT2D eigenvalue weighted by Gasteiger charge is 2.31. The molecule has 10 heteroatoms. The molecule has 7 nitrogen and oxygen atoms in total. The minimum absolute atomic E-state index is 0.195. The summed E-state index contributed by atoms with van der Waals surface area (Å²) >= 11 is 0. The van der Waals surface area contributed by atoms with Crippen LogP contribution in [0.2, 0.25) is 0 Å². The molecule has 0 atom stereocenters. The number of halogens is 3. The number of hydrogen-bond donors (Lipinski definition) is 2. The first kappa shape index (κ1) is 13.6. The van der Waals surface area contributed by atoms with E-state index < -0.39 is 18.0 Å². The number of anilines is 2. The van der Waals surface area contributed by atoms with Crippen LogP contribution in [0.3, 0.4) is 0 Å². The average Bonchev–Trinajstić information content (AvgIpc) is 2.76. The third-order valence-electron chi connectivity index (χ3n) is 2.07. The lowest BCUT2D eigenvalue weighted by Crippen LogP contribution is -2.17. The van der Waals surface area contributed by atoms with Crippen LogP contribution in [-0.4, -0.2) is 22.6 Å². The van der Waals surface area contributed by atoms with E-state index in [1.807, 2.05) is 0 Å². The molecule has 0 aliphatic rings. The monoisotopic (exact) mass is 288 g/mol. The van der Waals surface area contributed by atoms with Crippen LogP contribution in [0, 0.1) is 0 Å². The van der Waals surface area contributed by atoms with Gasteiger partial charge in [-0.05, 0) is 34.6 Å². The summed E-state index contributed by atoms with van der Waals surface area (Å²) in [4.78, 5) is 11.6. The molecule has 0 saturated heterocycles. The largest absolute Gasteiger partial charge is 0.573 e. The smallest absolute Gasteiger partial charge is 0.406 e. The fourth-order valence-electron chi connectivity index (χ4n) is 1.28. The predicted octanol–water partition coefficient (Wildman–Crippen LogP) is 1.80. The molecule has 1 aromatic heterocycles. The zero-order chi connectivity index (χ0) is 14.8. The minimum Gasteiger partial charge on any atom is -0.406 e. The van der Waals surface area contributed by atoms with Crippen LogP contribution < -0.4 is 15.8 Å². The number of carbonyl (C=O) groups is 1. The zero-order valence-electron chi connectivity index (χ0n) is 9.64. The molecule has 0 fully saturated rings. The van der Waals surface area contributed by atoms with E-state index in [0.717, 1.165) is 12.1 Å². The summed E-state index contributed by atoms with van der Waals surface area (Å²) in [7, 11) is 0. The van der Waals surface area contributed by atoms with E-state index in [1.54, 1.807) is 0 Å². The quantitative estimate of drug-likeness (QED) is 0.892. The second-order valence-electron chi connectivity index (χ2n) is 3.52. The molecule has 20 heavy (non-hydrogen) atoms. The van der Waals surface area contributed by atoms with Gasteiger partial charge in [0.25, 0.3) is 5.91 Å². The maximum absolute atomic E-state index is 12.0. The molecule has 1 aromatic carbocycles.